The number of hydrogen-bond donors (Lipinski definition) is 1. The van der Waals surface area contributed by atoms with E-state index in [9.17, 15) is 0 Å². The molecule has 1 saturated carbocycles. The standard InChI is InChI=1S/C17H31N3/c1-6-18-16(12-15-11-13(2)19-20(15)5)14-7-9-17(3,4)10-8-14/h11,14,16,18H,6-10,12H2,1-5H3. The van der Waals surface area contributed by atoms with Gasteiger partial charge in [0.05, 0.1) is 5.69 Å². The zero-order chi connectivity index (χ0) is 14.8. The molecule has 0 aliphatic heterocycles. The Kier molecular flexibility index (Phi) is 4.90. The van der Waals surface area contributed by atoms with E-state index < -0.39 is 0 Å². The summed E-state index contributed by atoms with van der Waals surface area (Å²) in [5.41, 5.74) is 3.04. The van der Waals surface area contributed by atoms with Gasteiger partial charge < -0.3 is 5.32 Å². The highest BCUT2D eigenvalue weighted by molar-refractivity contribution is 5.10. The minimum atomic E-state index is 0.552. The molecular weight excluding hydrogens is 246 g/mol. The third kappa shape index (κ3) is 3.85. The van der Waals surface area contributed by atoms with Crippen LogP contribution in [0.5, 0.6) is 0 Å². The summed E-state index contributed by atoms with van der Waals surface area (Å²) >= 11 is 0. The van der Waals surface area contributed by atoms with Gasteiger partial charge in [0.1, 0.15) is 0 Å². The molecule has 1 aliphatic carbocycles. The highest BCUT2D eigenvalue weighted by Crippen LogP contribution is 2.39. The third-order valence-corrected chi connectivity index (χ3v) is 4.95. The van der Waals surface area contributed by atoms with Crippen LogP contribution in [0.25, 0.3) is 0 Å². The number of rotatable bonds is 5. The van der Waals surface area contributed by atoms with Crippen molar-refractivity contribution in [2.45, 2.75) is 65.8 Å². The summed E-state index contributed by atoms with van der Waals surface area (Å²) in [5.74, 6) is 0.818. The van der Waals surface area contributed by atoms with E-state index in [0.29, 0.717) is 11.5 Å². The lowest BCUT2D eigenvalue weighted by atomic mass is 9.70. The Morgan fingerprint density at radius 3 is 2.55 bits per heavy atom. The molecule has 0 radical (unpaired) electrons. The average Bonchev–Trinajstić information content (AvgIpc) is 2.67. The maximum Gasteiger partial charge on any atom is 0.0596 e. The first kappa shape index (κ1) is 15.6. The molecule has 1 aromatic heterocycles. The second kappa shape index (κ2) is 6.30. The molecule has 0 spiro atoms. The predicted molar refractivity (Wildman–Crippen MR) is 84.9 cm³/mol. The second-order valence-corrected chi connectivity index (χ2v) is 7.27. The minimum Gasteiger partial charge on any atom is -0.314 e. The molecule has 0 bridgehead atoms. The van der Waals surface area contributed by atoms with Crippen LogP contribution in [0.1, 0.15) is 57.8 Å². The fraction of sp³-hybridized carbons (Fsp3) is 0.824. The van der Waals surface area contributed by atoms with Gasteiger partial charge in [-0.3, -0.25) is 4.68 Å². The Labute approximate surface area is 124 Å². The molecule has 1 N–H and O–H groups in total. The largest absolute Gasteiger partial charge is 0.314 e. The first-order valence-electron chi connectivity index (χ1n) is 8.14. The van der Waals surface area contributed by atoms with Crippen molar-refractivity contribution in [3.05, 3.63) is 17.5 Å². The van der Waals surface area contributed by atoms with Crippen LogP contribution < -0.4 is 5.32 Å². The lowest BCUT2D eigenvalue weighted by Crippen LogP contribution is -2.41. The van der Waals surface area contributed by atoms with E-state index in [0.717, 1.165) is 24.6 Å². The molecule has 0 aromatic carbocycles. The average molecular weight is 277 g/mol. The summed E-state index contributed by atoms with van der Waals surface area (Å²) in [6.45, 7) is 10.2. The predicted octanol–water partition coefficient (Wildman–Crippen LogP) is 3.47. The van der Waals surface area contributed by atoms with Gasteiger partial charge in [-0.05, 0) is 56.6 Å². The van der Waals surface area contributed by atoms with E-state index in [-0.39, 0.29) is 0 Å². The molecule has 0 amide bonds. The summed E-state index contributed by atoms with van der Waals surface area (Å²) in [6, 6.07) is 2.84. The number of aryl methyl sites for hydroxylation is 2. The van der Waals surface area contributed by atoms with Gasteiger partial charge in [-0.15, -0.1) is 0 Å². The number of hydrogen-bond acceptors (Lipinski definition) is 2. The van der Waals surface area contributed by atoms with E-state index in [2.05, 4.69) is 51.2 Å². The van der Waals surface area contributed by atoms with Crippen LogP contribution in [0.15, 0.2) is 6.07 Å². The second-order valence-electron chi connectivity index (χ2n) is 7.27. The van der Waals surface area contributed by atoms with Crippen LogP contribution in [-0.4, -0.2) is 22.4 Å². The van der Waals surface area contributed by atoms with Gasteiger partial charge in [0.15, 0.2) is 0 Å². The summed E-state index contributed by atoms with van der Waals surface area (Å²) in [7, 11) is 2.06. The van der Waals surface area contributed by atoms with Gasteiger partial charge in [0.25, 0.3) is 0 Å². The van der Waals surface area contributed by atoms with Gasteiger partial charge in [0, 0.05) is 25.2 Å². The van der Waals surface area contributed by atoms with Crippen molar-refractivity contribution >= 4 is 0 Å². The molecular formula is C17H31N3. The van der Waals surface area contributed by atoms with E-state index in [4.69, 9.17) is 0 Å². The first-order valence-corrected chi connectivity index (χ1v) is 8.14. The first-order chi connectivity index (χ1) is 9.41. The molecule has 1 fully saturated rings. The van der Waals surface area contributed by atoms with Crippen LogP contribution in [-0.2, 0) is 13.5 Å². The van der Waals surface area contributed by atoms with Gasteiger partial charge in [0.2, 0.25) is 0 Å². The number of nitrogens with zero attached hydrogens (tertiary/aromatic N) is 2. The Morgan fingerprint density at radius 1 is 1.40 bits per heavy atom. The Bertz CT molecular complexity index is 423. The number of likely N-dealkylation sites (N-methyl/N-ethyl adjacent to an activating group) is 1. The molecule has 1 heterocycles. The van der Waals surface area contributed by atoms with E-state index in [1.54, 1.807) is 0 Å². The number of nitrogens with one attached hydrogen (secondary N) is 1. The van der Waals surface area contributed by atoms with Crippen LogP contribution in [0, 0.1) is 18.3 Å². The zero-order valence-corrected chi connectivity index (χ0v) is 13.9. The van der Waals surface area contributed by atoms with Crippen molar-refractivity contribution in [1.82, 2.24) is 15.1 Å². The Morgan fingerprint density at radius 2 is 2.05 bits per heavy atom. The normalized spacial score (nSPS) is 21.1. The van der Waals surface area contributed by atoms with Crippen LogP contribution in [0.3, 0.4) is 0 Å². The monoisotopic (exact) mass is 277 g/mol. The smallest absolute Gasteiger partial charge is 0.0596 e. The molecule has 2 rings (SSSR count). The van der Waals surface area contributed by atoms with E-state index in [1.165, 1.54) is 31.4 Å². The zero-order valence-electron chi connectivity index (χ0n) is 13.9. The van der Waals surface area contributed by atoms with Crippen molar-refractivity contribution in [3.63, 3.8) is 0 Å². The number of aromatic nitrogens is 2. The summed E-state index contributed by atoms with van der Waals surface area (Å²) in [6.07, 6.45) is 6.56. The summed E-state index contributed by atoms with van der Waals surface area (Å²) < 4.78 is 2.05. The highest BCUT2D eigenvalue weighted by atomic mass is 15.3. The Hall–Kier alpha value is -0.830. The molecule has 20 heavy (non-hydrogen) atoms. The van der Waals surface area contributed by atoms with Crippen molar-refractivity contribution in [1.29, 1.82) is 0 Å². The molecule has 1 aliphatic rings. The molecule has 1 atom stereocenters. The summed E-state index contributed by atoms with van der Waals surface area (Å²) in [4.78, 5) is 0. The maximum absolute atomic E-state index is 4.48. The molecule has 1 unspecified atom stereocenters. The topological polar surface area (TPSA) is 29.9 Å². The van der Waals surface area contributed by atoms with Crippen molar-refractivity contribution in [2.75, 3.05) is 6.54 Å². The van der Waals surface area contributed by atoms with Gasteiger partial charge >= 0.3 is 0 Å². The minimum absolute atomic E-state index is 0.552. The third-order valence-electron chi connectivity index (χ3n) is 4.95. The van der Waals surface area contributed by atoms with Crippen molar-refractivity contribution in [3.8, 4) is 0 Å². The fourth-order valence-corrected chi connectivity index (χ4v) is 3.57. The van der Waals surface area contributed by atoms with Gasteiger partial charge in [-0.2, -0.15) is 5.10 Å². The highest BCUT2D eigenvalue weighted by Gasteiger charge is 2.31. The van der Waals surface area contributed by atoms with Crippen LogP contribution in [0.2, 0.25) is 0 Å². The maximum atomic E-state index is 4.48. The summed E-state index contributed by atoms with van der Waals surface area (Å²) in [5, 5.41) is 8.20. The van der Waals surface area contributed by atoms with E-state index >= 15 is 0 Å². The van der Waals surface area contributed by atoms with E-state index in [1.807, 2.05) is 4.68 Å². The molecule has 114 valence electrons. The van der Waals surface area contributed by atoms with Crippen LogP contribution in [0.4, 0.5) is 0 Å². The van der Waals surface area contributed by atoms with Crippen molar-refractivity contribution < 1.29 is 0 Å². The van der Waals surface area contributed by atoms with Crippen LogP contribution >= 0.6 is 0 Å². The Balaban J connectivity index is 2.02. The lowest BCUT2D eigenvalue weighted by molar-refractivity contribution is 0.160. The van der Waals surface area contributed by atoms with Gasteiger partial charge in [-0.1, -0.05) is 20.8 Å². The molecule has 0 saturated heterocycles. The molecule has 1 aromatic rings. The van der Waals surface area contributed by atoms with Gasteiger partial charge in [-0.25, -0.2) is 0 Å². The van der Waals surface area contributed by atoms with Crippen molar-refractivity contribution in [2.24, 2.45) is 18.4 Å². The molecule has 3 heteroatoms. The SMILES string of the molecule is CCNC(Cc1cc(C)nn1C)C1CCC(C)(C)CC1. The molecule has 3 nitrogen and oxygen atoms in total. The quantitative estimate of drug-likeness (QED) is 0.893. The lowest BCUT2D eigenvalue weighted by Gasteiger charge is -2.38. The fourth-order valence-electron chi connectivity index (χ4n) is 3.57.